The van der Waals surface area contributed by atoms with Gasteiger partial charge in [0.05, 0.1) is 0 Å². The molecule has 2 aromatic carbocycles. The second-order valence-corrected chi connectivity index (χ2v) is 7.76. The van der Waals surface area contributed by atoms with Crippen LogP contribution in [0.15, 0.2) is 72.1 Å². The van der Waals surface area contributed by atoms with Gasteiger partial charge in [0.15, 0.2) is 0 Å². The van der Waals surface area contributed by atoms with Crippen LogP contribution in [0, 0.1) is 0 Å². The molecule has 23 heavy (non-hydrogen) atoms. The lowest BCUT2D eigenvalue weighted by molar-refractivity contribution is 0.206. The molecule has 120 valence electrons. The van der Waals surface area contributed by atoms with E-state index in [0.717, 1.165) is 11.1 Å². The first-order valence-corrected chi connectivity index (χ1v) is 10.0. The predicted molar refractivity (Wildman–Crippen MR) is 100.0 cm³/mol. The fourth-order valence-electron chi connectivity index (χ4n) is 2.29. The van der Waals surface area contributed by atoms with Crippen molar-refractivity contribution in [2.45, 2.75) is 13.8 Å². The molecule has 0 aromatic heterocycles. The van der Waals surface area contributed by atoms with E-state index in [0.29, 0.717) is 13.2 Å². The van der Waals surface area contributed by atoms with Gasteiger partial charge in [-0.3, -0.25) is 0 Å². The third-order valence-corrected chi connectivity index (χ3v) is 6.10. The summed E-state index contributed by atoms with van der Waals surface area (Å²) in [6.45, 7) is 5.27. The van der Waals surface area contributed by atoms with Crippen LogP contribution in [-0.4, -0.2) is 21.8 Å². The zero-order valence-corrected chi connectivity index (χ0v) is 14.8. The van der Waals surface area contributed by atoms with Crippen molar-refractivity contribution in [1.29, 1.82) is 0 Å². The average molecular weight is 324 g/mol. The van der Waals surface area contributed by atoms with Crippen molar-refractivity contribution in [3.8, 4) is 0 Å². The van der Waals surface area contributed by atoms with Gasteiger partial charge in [0, 0.05) is 13.2 Å². The van der Waals surface area contributed by atoms with Gasteiger partial charge in [-0.2, -0.15) is 0 Å². The lowest BCUT2D eigenvalue weighted by atomic mass is 10.2. The van der Waals surface area contributed by atoms with Crippen molar-refractivity contribution in [1.82, 2.24) is 0 Å². The van der Waals surface area contributed by atoms with Crippen LogP contribution in [0.4, 0.5) is 0 Å². The minimum atomic E-state index is -2.52. The first-order chi connectivity index (χ1) is 11.3. The van der Waals surface area contributed by atoms with Gasteiger partial charge in [0.1, 0.15) is 0 Å². The summed E-state index contributed by atoms with van der Waals surface area (Å²) in [7, 11) is -2.52. The summed E-state index contributed by atoms with van der Waals surface area (Å²) in [5.74, 6) is 0. The fraction of sp³-hybridized carbons (Fsp3) is 0.200. The Kier molecular flexibility index (Phi) is 7.00. The standard InChI is InChI=1S/C20H24O2Si/c1-3-21-23(22-4-2,17-15-19-11-7-5-8-12-19)18-16-20-13-9-6-10-14-20/h5-18H,3-4H2,1-2H3. The van der Waals surface area contributed by atoms with Gasteiger partial charge in [-0.15, -0.1) is 0 Å². The normalized spacial score (nSPS) is 12.3. The first kappa shape index (κ1) is 17.4. The molecule has 0 heterocycles. The van der Waals surface area contributed by atoms with E-state index in [4.69, 9.17) is 8.85 Å². The van der Waals surface area contributed by atoms with Crippen LogP contribution < -0.4 is 0 Å². The summed E-state index contributed by atoms with van der Waals surface area (Å²) in [5, 5.41) is 0. The van der Waals surface area contributed by atoms with Crippen LogP contribution in [0.25, 0.3) is 12.2 Å². The van der Waals surface area contributed by atoms with Gasteiger partial charge >= 0.3 is 8.56 Å². The zero-order valence-electron chi connectivity index (χ0n) is 13.8. The van der Waals surface area contributed by atoms with Gasteiger partial charge in [-0.1, -0.05) is 72.8 Å². The summed E-state index contributed by atoms with van der Waals surface area (Å²) in [4.78, 5) is 0. The Labute approximate surface area is 140 Å². The van der Waals surface area contributed by atoms with E-state index in [1.165, 1.54) is 0 Å². The molecular formula is C20H24O2Si. The van der Waals surface area contributed by atoms with Gasteiger partial charge < -0.3 is 8.85 Å². The Bertz CT molecular complexity index is 563. The van der Waals surface area contributed by atoms with Crippen LogP contribution in [0.2, 0.25) is 0 Å². The van der Waals surface area contributed by atoms with E-state index >= 15 is 0 Å². The topological polar surface area (TPSA) is 18.5 Å². The Morgan fingerprint density at radius 1 is 0.696 bits per heavy atom. The van der Waals surface area contributed by atoms with E-state index in [-0.39, 0.29) is 0 Å². The average Bonchev–Trinajstić information content (AvgIpc) is 2.60. The van der Waals surface area contributed by atoms with E-state index in [1.54, 1.807) is 0 Å². The predicted octanol–water partition coefficient (Wildman–Crippen LogP) is 5.01. The molecule has 0 atom stereocenters. The molecule has 0 aliphatic carbocycles. The van der Waals surface area contributed by atoms with Crippen LogP contribution in [-0.2, 0) is 8.85 Å². The van der Waals surface area contributed by atoms with Crippen LogP contribution in [0.1, 0.15) is 25.0 Å². The highest BCUT2D eigenvalue weighted by molar-refractivity contribution is 6.78. The van der Waals surface area contributed by atoms with Crippen molar-refractivity contribution >= 4 is 20.7 Å². The third-order valence-electron chi connectivity index (χ3n) is 3.36. The minimum absolute atomic E-state index is 0.629. The molecule has 0 bridgehead atoms. The smallest absolute Gasteiger partial charge is 0.389 e. The summed E-state index contributed by atoms with van der Waals surface area (Å²) >= 11 is 0. The van der Waals surface area contributed by atoms with E-state index in [9.17, 15) is 0 Å². The summed E-state index contributed by atoms with van der Waals surface area (Å²) in [6.07, 6.45) is 4.18. The molecule has 0 spiro atoms. The molecule has 0 amide bonds. The number of rotatable bonds is 8. The van der Waals surface area contributed by atoms with Crippen LogP contribution in [0.5, 0.6) is 0 Å². The molecule has 2 nitrogen and oxygen atoms in total. The van der Waals surface area contributed by atoms with Gasteiger partial charge in [0.2, 0.25) is 0 Å². The second-order valence-electron chi connectivity index (χ2n) is 5.08. The van der Waals surface area contributed by atoms with Gasteiger partial charge in [0.25, 0.3) is 0 Å². The molecule has 0 saturated heterocycles. The molecule has 0 aliphatic heterocycles. The molecule has 2 aromatic rings. The van der Waals surface area contributed by atoms with Crippen molar-refractivity contribution in [3.63, 3.8) is 0 Å². The first-order valence-electron chi connectivity index (χ1n) is 8.04. The van der Waals surface area contributed by atoms with Gasteiger partial charge in [-0.25, -0.2) is 0 Å². The maximum absolute atomic E-state index is 6.06. The molecule has 2 rings (SSSR count). The molecule has 0 fully saturated rings. The van der Waals surface area contributed by atoms with Crippen LogP contribution >= 0.6 is 0 Å². The largest absolute Gasteiger partial charge is 0.392 e. The zero-order chi connectivity index (χ0) is 16.4. The number of hydrogen-bond donors (Lipinski definition) is 0. The van der Waals surface area contributed by atoms with Crippen molar-refractivity contribution in [2.24, 2.45) is 0 Å². The molecule has 0 N–H and O–H groups in total. The summed E-state index contributed by atoms with van der Waals surface area (Å²) < 4.78 is 12.1. The van der Waals surface area contributed by atoms with E-state index in [2.05, 4.69) is 47.8 Å². The Hall–Kier alpha value is -1.94. The van der Waals surface area contributed by atoms with Crippen molar-refractivity contribution in [2.75, 3.05) is 13.2 Å². The highest BCUT2D eigenvalue weighted by atomic mass is 28.4. The molecule has 0 unspecified atom stereocenters. The highest BCUT2D eigenvalue weighted by Crippen LogP contribution is 2.16. The molecule has 3 heteroatoms. The fourth-order valence-corrected chi connectivity index (χ4v) is 4.63. The second kappa shape index (κ2) is 9.25. The Morgan fingerprint density at radius 3 is 1.43 bits per heavy atom. The van der Waals surface area contributed by atoms with Crippen molar-refractivity contribution < 1.29 is 8.85 Å². The van der Waals surface area contributed by atoms with E-state index in [1.807, 2.05) is 50.2 Å². The third kappa shape index (κ3) is 5.64. The highest BCUT2D eigenvalue weighted by Gasteiger charge is 2.31. The molecule has 0 saturated carbocycles. The Balaban J connectivity index is 2.27. The SMILES string of the molecule is CCO[Si](C=Cc1ccccc1)(C=Cc1ccccc1)OCC. The summed E-state index contributed by atoms with van der Waals surface area (Å²) in [6, 6.07) is 20.5. The van der Waals surface area contributed by atoms with Crippen molar-refractivity contribution in [3.05, 3.63) is 83.2 Å². The van der Waals surface area contributed by atoms with Gasteiger partial charge in [-0.05, 0) is 36.4 Å². The Morgan fingerprint density at radius 2 is 1.09 bits per heavy atom. The maximum Gasteiger partial charge on any atom is 0.392 e. The number of hydrogen-bond acceptors (Lipinski definition) is 2. The lowest BCUT2D eigenvalue weighted by Crippen LogP contribution is -2.38. The molecular weight excluding hydrogens is 300 g/mol. The lowest BCUT2D eigenvalue weighted by Gasteiger charge is -2.23. The summed E-state index contributed by atoms with van der Waals surface area (Å²) in [5.41, 5.74) is 6.51. The number of benzene rings is 2. The van der Waals surface area contributed by atoms with Crippen LogP contribution in [0.3, 0.4) is 0 Å². The minimum Gasteiger partial charge on any atom is -0.389 e. The van der Waals surface area contributed by atoms with E-state index < -0.39 is 8.56 Å². The quantitative estimate of drug-likeness (QED) is 0.636. The monoisotopic (exact) mass is 324 g/mol. The molecule has 0 radical (unpaired) electrons. The molecule has 0 aliphatic rings. The maximum atomic E-state index is 6.06.